The molecule has 4 heteroatoms. The molecule has 0 bridgehead atoms. The van der Waals surface area contributed by atoms with Gasteiger partial charge in [-0.15, -0.1) is 0 Å². The molecule has 0 unspecified atom stereocenters. The maximum Gasteiger partial charge on any atom is 0.415 e. The number of carbonyl (C=O) groups is 1. The summed E-state index contributed by atoms with van der Waals surface area (Å²) in [5.41, 5.74) is 0. The fraction of sp³-hybridized carbons (Fsp3) is 0.333. The van der Waals surface area contributed by atoms with Crippen LogP contribution in [0.5, 0.6) is 0 Å². The Morgan fingerprint density at radius 2 is 2.20 bits per heavy atom. The van der Waals surface area contributed by atoms with E-state index in [0.29, 0.717) is 6.42 Å². The molecule has 52 valence electrons. The molecule has 0 aliphatic carbocycles. The Morgan fingerprint density at radius 1 is 1.50 bits per heavy atom. The van der Waals surface area contributed by atoms with E-state index in [1.807, 2.05) is 0 Å². The van der Waals surface area contributed by atoms with E-state index in [4.69, 9.17) is 0 Å². The second-order valence-corrected chi connectivity index (χ2v) is 2.70. The molecule has 1 aliphatic rings. The Labute approximate surface area is 62.8 Å². The number of rotatable bonds is 3. The van der Waals surface area contributed by atoms with E-state index in [-0.39, 0.29) is 0 Å². The summed E-state index contributed by atoms with van der Waals surface area (Å²) >= 11 is 1.50. The largest absolute Gasteiger partial charge is 0.415 e. The molecular formula is C6H7N2OS+. The van der Waals surface area contributed by atoms with Crippen molar-refractivity contribution in [1.82, 2.24) is 0 Å². The molecule has 0 radical (unpaired) electrons. The molecule has 0 atom stereocenters. The van der Waals surface area contributed by atoms with Crippen LogP contribution in [0.15, 0.2) is 9.98 Å². The first kappa shape index (κ1) is 7.21. The van der Waals surface area contributed by atoms with E-state index in [0.717, 1.165) is 17.2 Å². The van der Waals surface area contributed by atoms with Crippen molar-refractivity contribution < 1.29 is 4.79 Å². The summed E-state index contributed by atoms with van der Waals surface area (Å²) < 4.78 is 0. The predicted molar refractivity (Wildman–Crippen MR) is 44.9 cm³/mol. The van der Waals surface area contributed by atoms with Gasteiger partial charge >= 0.3 is 5.11 Å². The van der Waals surface area contributed by atoms with Gasteiger partial charge in [0.25, 0.3) is 0 Å². The topological polar surface area (TPSA) is 41.8 Å². The zero-order chi connectivity index (χ0) is 7.23. The normalized spacial score (nSPS) is 14.2. The predicted octanol–water partition coefficient (Wildman–Crippen LogP) is -0.0994. The minimum Gasteiger partial charge on any atom is -0.303 e. The first-order chi connectivity index (χ1) is 4.93. The monoisotopic (exact) mass is 155 g/mol. The molecule has 0 saturated carbocycles. The number of aliphatic imine (C=N–C) groups is 2. The van der Waals surface area contributed by atoms with Crippen LogP contribution >= 0.6 is 0 Å². The van der Waals surface area contributed by atoms with Gasteiger partial charge in [-0.1, -0.05) is 0 Å². The highest BCUT2D eigenvalue weighted by molar-refractivity contribution is 7.78. The smallest absolute Gasteiger partial charge is 0.303 e. The van der Waals surface area contributed by atoms with Crippen molar-refractivity contribution in [3.8, 4) is 0 Å². The van der Waals surface area contributed by atoms with Crippen molar-refractivity contribution in [2.24, 2.45) is 9.98 Å². The molecule has 1 heterocycles. The van der Waals surface area contributed by atoms with Crippen LogP contribution in [0.1, 0.15) is 6.42 Å². The van der Waals surface area contributed by atoms with Crippen molar-refractivity contribution in [2.75, 3.05) is 5.75 Å². The summed E-state index contributed by atoms with van der Waals surface area (Å²) in [5.74, 6) is 0.771. The van der Waals surface area contributed by atoms with E-state index in [1.54, 1.807) is 12.4 Å². The van der Waals surface area contributed by atoms with E-state index in [9.17, 15) is 4.79 Å². The van der Waals surface area contributed by atoms with Gasteiger partial charge in [0, 0.05) is 0 Å². The van der Waals surface area contributed by atoms with Crippen LogP contribution in [0, 0.1) is 0 Å². The third kappa shape index (κ3) is 2.14. The van der Waals surface area contributed by atoms with Crippen LogP contribution in [0.3, 0.4) is 0 Å². The maximum atomic E-state index is 9.88. The van der Waals surface area contributed by atoms with Crippen molar-refractivity contribution in [2.45, 2.75) is 6.42 Å². The molecule has 3 nitrogen and oxygen atoms in total. The van der Waals surface area contributed by atoms with Crippen LogP contribution in [0.4, 0.5) is 0 Å². The van der Waals surface area contributed by atoms with Gasteiger partial charge in [-0.05, 0) is 0 Å². The number of aldehydes is 1. The van der Waals surface area contributed by atoms with Gasteiger partial charge in [0.1, 0.15) is 6.29 Å². The van der Waals surface area contributed by atoms with Crippen molar-refractivity contribution in [3.05, 3.63) is 0 Å². The third-order valence-electron chi connectivity index (χ3n) is 0.903. The van der Waals surface area contributed by atoms with Crippen LogP contribution in [-0.2, 0) is 16.1 Å². The molecule has 0 spiro atoms. The summed E-state index contributed by atoms with van der Waals surface area (Å²) in [4.78, 5) is 17.7. The average Bonchev–Trinajstić information content (AvgIpc) is 2.41. The van der Waals surface area contributed by atoms with Crippen molar-refractivity contribution in [1.29, 1.82) is 0 Å². The lowest BCUT2D eigenvalue weighted by Gasteiger charge is -1.69. The summed E-state index contributed by atoms with van der Waals surface area (Å²) in [5, 5.41) is 0.752. The Morgan fingerprint density at radius 3 is 2.80 bits per heavy atom. The van der Waals surface area contributed by atoms with Gasteiger partial charge in [-0.2, -0.15) is 9.98 Å². The second kappa shape index (κ2) is 4.00. The molecule has 1 aliphatic heterocycles. The van der Waals surface area contributed by atoms with Crippen molar-refractivity contribution in [3.63, 3.8) is 0 Å². The lowest BCUT2D eigenvalue weighted by Crippen LogP contribution is -1.91. The molecular weight excluding hydrogens is 148 g/mol. The molecule has 0 aromatic rings. The standard InChI is InChI=1S/C6H7N2OS/c9-4-1-5-10-6-7-2-3-8-6/h2-4H,1,5H2/q+1. The first-order valence-corrected chi connectivity index (χ1v) is 3.92. The van der Waals surface area contributed by atoms with Crippen LogP contribution in [-0.4, -0.2) is 29.6 Å². The molecule has 0 aromatic carbocycles. The highest BCUT2D eigenvalue weighted by Gasteiger charge is 2.07. The molecule has 0 fully saturated rings. The summed E-state index contributed by atoms with van der Waals surface area (Å²) in [6, 6.07) is 0. The van der Waals surface area contributed by atoms with Crippen LogP contribution in [0.25, 0.3) is 0 Å². The second-order valence-electron chi connectivity index (χ2n) is 1.64. The molecule has 0 saturated heterocycles. The van der Waals surface area contributed by atoms with Gasteiger partial charge in [0.15, 0.2) is 5.75 Å². The molecule has 10 heavy (non-hydrogen) atoms. The summed E-state index contributed by atoms with van der Waals surface area (Å²) in [6.07, 6.45) is 4.75. The minimum atomic E-state index is 0.569. The maximum absolute atomic E-state index is 9.88. The Hall–Kier alpha value is -0.900. The number of hydrogen-bond donors (Lipinski definition) is 0. The van der Waals surface area contributed by atoms with Gasteiger partial charge in [-0.25, -0.2) is 0 Å². The van der Waals surface area contributed by atoms with E-state index in [2.05, 4.69) is 9.98 Å². The summed E-state index contributed by atoms with van der Waals surface area (Å²) in [7, 11) is 0. The Kier molecular flexibility index (Phi) is 2.89. The van der Waals surface area contributed by atoms with Crippen molar-refractivity contribution >= 4 is 35.2 Å². The number of nitrogens with zero attached hydrogens (tertiary/aromatic N) is 2. The minimum absolute atomic E-state index is 0.569. The van der Waals surface area contributed by atoms with E-state index >= 15 is 0 Å². The Balaban J connectivity index is 2.33. The SMILES string of the molecule is O=CCC[S+]=C1N=CC=N1. The van der Waals surface area contributed by atoms with Gasteiger partial charge in [-0.3, -0.25) is 0 Å². The zero-order valence-electron chi connectivity index (χ0n) is 5.36. The Bertz CT molecular complexity index is 194. The van der Waals surface area contributed by atoms with Crippen LogP contribution in [0.2, 0.25) is 0 Å². The van der Waals surface area contributed by atoms with Crippen LogP contribution < -0.4 is 0 Å². The van der Waals surface area contributed by atoms with E-state index in [1.165, 1.54) is 11.4 Å². The lowest BCUT2D eigenvalue weighted by atomic mass is 10.6. The average molecular weight is 155 g/mol. The van der Waals surface area contributed by atoms with E-state index < -0.39 is 0 Å². The highest BCUT2D eigenvalue weighted by atomic mass is 32.1. The number of hydrogen-bond acceptors (Lipinski definition) is 1. The van der Waals surface area contributed by atoms with Gasteiger partial charge in [0.2, 0.25) is 11.4 Å². The molecule has 1 rings (SSSR count). The number of carbonyl (C=O) groups excluding carboxylic acids is 1. The molecule has 0 aromatic heterocycles. The third-order valence-corrected chi connectivity index (χ3v) is 1.81. The highest BCUT2D eigenvalue weighted by Crippen LogP contribution is 1.85. The lowest BCUT2D eigenvalue weighted by molar-refractivity contribution is -0.107. The summed E-state index contributed by atoms with van der Waals surface area (Å²) in [6.45, 7) is 0. The van der Waals surface area contributed by atoms with Gasteiger partial charge in [0.05, 0.1) is 18.9 Å². The molecule has 0 N–H and O–H groups in total. The van der Waals surface area contributed by atoms with Gasteiger partial charge < -0.3 is 4.79 Å². The zero-order valence-corrected chi connectivity index (χ0v) is 6.17. The molecule has 0 amide bonds. The first-order valence-electron chi connectivity index (χ1n) is 2.93. The fourth-order valence-electron chi connectivity index (χ4n) is 0.500. The quantitative estimate of drug-likeness (QED) is 0.243. The fourth-order valence-corrected chi connectivity index (χ4v) is 1.17.